The molecule has 2 saturated heterocycles. The lowest BCUT2D eigenvalue weighted by atomic mass is 9.76. The molecule has 1 spiro atoms. The number of anilines is 1. The molecule has 2 amide bonds. The van der Waals surface area contributed by atoms with Gasteiger partial charge in [-0.25, -0.2) is 19.0 Å². The number of nitrogens with two attached hydrogens (primary N) is 1. The number of aliphatic carboxylic acids is 2. The van der Waals surface area contributed by atoms with Gasteiger partial charge in [-0.2, -0.15) is 0 Å². The Balaban J connectivity index is 0.000000879. The van der Waals surface area contributed by atoms with E-state index in [0.717, 1.165) is 52.0 Å². The second-order valence-corrected chi connectivity index (χ2v) is 15.3. The van der Waals surface area contributed by atoms with Crippen LogP contribution in [0.15, 0.2) is 36.7 Å². The third-order valence-corrected chi connectivity index (χ3v) is 9.98. The van der Waals surface area contributed by atoms with Crippen molar-refractivity contribution in [2.45, 2.75) is 98.3 Å². The summed E-state index contributed by atoms with van der Waals surface area (Å²) in [6, 6.07) is 4.45. The number of carboxylic acid groups (broad SMARTS) is 2. The minimum Gasteiger partial charge on any atom is -0.478 e. The van der Waals surface area contributed by atoms with Crippen LogP contribution in [-0.4, -0.2) is 128 Å². The fourth-order valence-corrected chi connectivity index (χ4v) is 7.33. The predicted octanol–water partition coefficient (Wildman–Crippen LogP) is 4.29. The van der Waals surface area contributed by atoms with Gasteiger partial charge in [0.1, 0.15) is 17.9 Å². The van der Waals surface area contributed by atoms with Crippen LogP contribution < -0.4 is 15.4 Å². The number of primary amides is 1. The van der Waals surface area contributed by atoms with Crippen LogP contribution in [0.3, 0.4) is 0 Å². The quantitative estimate of drug-likeness (QED) is 0.194. The Morgan fingerprint density at radius 2 is 1.65 bits per heavy atom. The van der Waals surface area contributed by atoms with Gasteiger partial charge < -0.3 is 35.4 Å². The number of carboxylic acids is 2. The minimum absolute atomic E-state index is 0.0752. The summed E-state index contributed by atoms with van der Waals surface area (Å²) in [6.45, 7) is 19.0. The molecule has 3 heterocycles. The highest BCUT2D eigenvalue weighted by Gasteiger charge is 2.50. The zero-order valence-corrected chi connectivity index (χ0v) is 32.7. The van der Waals surface area contributed by atoms with Crippen molar-refractivity contribution in [2.75, 3.05) is 44.7 Å². The van der Waals surface area contributed by atoms with Gasteiger partial charge in [-0.1, -0.05) is 13.8 Å². The molecular weight excluding hydrogens is 699 g/mol. The van der Waals surface area contributed by atoms with E-state index >= 15 is 0 Å². The maximum Gasteiger partial charge on any atom is 0.328 e. The third-order valence-electron chi connectivity index (χ3n) is 9.98. The number of rotatable bonds is 17. The molecule has 16 heteroatoms. The van der Waals surface area contributed by atoms with Gasteiger partial charge in [-0.3, -0.25) is 14.5 Å². The van der Waals surface area contributed by atoms with Crippen molar-refractivity contribution in [3.8, 4) is 11.6 Å². The van der Waals surface area contributed by atoms with Gasteiger partial charge in [0.25, 0.3) is 11.8 Å². The molecule has 298 valence electrons. The maximum absolute atomic E-state index is 14.4. The second kappa shape index (κ2) is 19.6. The highest BCUT2D eigenvalue weighted by Crippen LogP contribution is 2.44. The first-order valence-corrected chi connectivity index (χ1v) is 18.4. The number of nitrogens with zero attached hydrogens (tertiary/aromatic N) is 7. The van der Waals surface area contributed by atoms with Gasteiger partial charge in [0.15, 0.2) is 5.82 Å². The van der Waals surface area contributed by atoms with Crippen molar-refractivity contribution < 1.29 is 38.5 Å². The lowest BCUT2D eigenvalue weighted by molar-refractivity contribution is -0.134. The summed E-state index contributed by atoms with van der Waals surface area (Å²) in [5, 5.41) is 23.9. The van der Waals surface area contributed by atoms with Crippen LogP contribution in [0.4, 0.5) is 10.2 Å². The minimum atomic E-state index is -1.26. The van der Waals surface area contributed by atoms with E-state index in [1.165, 1.54) is 24.5 Å². The number of ether oxygens (including phenoxy) is 1. The van der Waals surface area contributed by atoms with E-state index in [0.29, 0.717) is 36.4 Å². The number of carbonyl (C=O) groups is 4. The van der Waals surface area contributed by atoms with E-state index in [1.54, 1.807) is 4.90 Å². The van der Waals surface area contributed by atoms with Gasteiger partial charge in [0.2, 0.25) is 5.91 Å². The SMILES string of the molecule is CC(C)[C@@H](CCCN(C)[C@H](C)CC(N)=O)N1CC2(CCN(c3ncnnc3Oc3ccc(F)cc3C(=O)N(C(C)C)C(C)C)C2)C1.O=C(O)/C=C/C(=O)O. The van der Waals surface area contributed by atoms with Crippen LogP contribution in [0, 0.1) is 17.2 Å². The summed E-state index contributed by atoms with van der Waals surface area (Å²) in [7, 11) is 2.06. The Kier molecular flexibility index (Phi) is 15.8. The molecule has 2 aromatic rings. The molecule has 2 fully saturated rings. The molecule has 1 aromatic heterocycles. The molecule has 2 aliphatic rings. The molecule has 0 saturated carbocycles. The number of carbonyl (C=O) groups excluding carboxylic acids is 2. The first-order valence-electron chi connectivity index (χ1n) is 18.4. The van der Waals surface area contributed by atoms with Crippen LogP contribution >= 0.6 is 0 Å². The Morgan fingerprint density at radius 1 is 1.02 bits per heavy atom. The fraction of sp³-hybridized carbons (Fsp3) is 0.605. The molecule has 15 nitrogen and oxygen atoms in total. The lowest BCUT2D eigenvalue weighted by Gasteiger charge is -2.53. The van der Waals surface area contributed by atoms with E-state index in [1.807, 2.05) is 34.6 Å². The zero-order chi connectivity index (χ0) is 40.3. The molecule has 0 bridgehead atoms. The van der Waals surface area contributed by atoms with Gasteiger partial charge >= 0.3 is 11.9 Å². The van der Waals surface area contributed by atoms with Crippen LogP contribution in [0.5, 0.6) is 11.6 Å². The summed E-state index contributed by atoms with van der Waals surface area (Å²) in [5.41, 5.74) is 5.69. The van der Waals surface area contributed by atoms with Crippen molar-refractivity contribution in [2.24, 2.45) is 17.1 Å². The van der Waals surface area contributed by atoms with Gasteiger partial charge in [-0.15, -0.1) is 10.2 Å². The Labute approximate surface area is 317 Å². The summed E-state index contributed by atoms with van der Waals surface area (Å²) in [6.07, 6.45) is 6.09. The highest BCUT2D eigenvalue weighted by atomic mass is 19.1. The summed E-state index contributed by atoms with van der Waals surface area (Å²) in [4.78, 5) is 57.3. The van der Waals surface area contributed by atoms with Crippen LogP contribution in [-0.2, 0) is 14.4 Å². The molecule has 0 unspecified atom stereocenters. The van der Waals surface area contributed by atoms with Gasteiger partial charge in [-0.05, 0) is 91.6 Å². The number of halogens is 1. The third kappa shape index (κ3) is 12.2. The molecule has 2 aliphatic heterocycles. The smallest absolute Gasteiger partial charge is 0.328 e. The number of likely N-dealkylation sites (tertiary alicyclic amines) is 1. The summed E-state index contributed by atoms with van der Waals surface area (Å²) in [5.74, 6) is -2.07. The summed E-state index contributed by atoms with van der Waals surface area (Å²) >= 11 is 0. The van der Waals surface area contributed by atoms with E-state index in [-0.39, 0.29) is 52.5 Å². The predicted molar refractivity (Wildman–Crippen MR) is 202 cm³/mol. The normalized spacial score (nSPS) is 16.4. The molecule has 54 heavy (non-hydrogen) atoms. The maximum atomic E-state index is 14.4. The number of hydrogen-bond donors (Lipinski definition) is 3. The molecular formula is C38H57FN8O7. The number of aromatic nitrogens is 3. The standard InChI is InChI=1S/C34H53FN8O3.C4H4O4/c1-22(2)28(10-9-14-40(8)25(7)16-30(36)44)42-19-34(20-42)13-15-41(18-34)31-32(39-38-21-37-31)46-29-12-11-26(35)17-27(29)33(45)43(23(3)4)24(5)6;5-3(6)1-2-4(7)8/h11-12,17,21-25,28H,9-10,13-16,18-20H2,1-8H3,(H2,36,44);1-2H,(H,5,6)(H,7,8)/b;2-1+/t25-,28-;/m1./s1. The molecule has 4 N–H and O–H groups in total. The first kappa shape index (κ1) is 43.7. The van der Waals surface area contributed by atoms with Crippen molar-refractivity contribution in [1.29, 1.82) is 0 Å². The summed E-state index contributed by atoms with van der Waals surface area (Å²) < 4.78 is 20.6. The van der Waals surface area contributed by atoms with Crippen molar-refractivity contribution in [3.05, 3.63) is 48.1 Å². The molecule has 0 radical (unpaired) electrons. The molecule has 1 aromatic carbocycles. The molecule has 2 atom stereocenters. The number of amides is 2. The van der Waals surface area contributed by atoms with E-state index in [4.69, 9.17) is 20.7 Å². The topological polar surface area (TPSA) is 196 Å². The molecule has 4 rings (SSSR count). The van der Waals surface area contributed by atoms with Gasteiger partial charge in [0.05, 0.1) is 5.56 Å². The Morgan fingerprint density at radius 3 is 2.20 bits per heavy atom. The number of hydrogen-bond acceptors (Lipinski definition) is 11. The van der Waals surface area contributed by atoms with E-state index < -0.39 is 17.8 Å². The Bertz CT molecular complexity index is 1610. The van der Waals surface area contributed by atoms with E-state index in [2.05, 4.69) is 50.8 Å². The van der Waals surface area contributed by atoms with Crippen LogP contribution in [0.2, 0.25) is 0 Å². The van der Waals surface area contributed by atoms with E-state index in [9.17, 15) is 23.6 Å². The lowest BCUT2D eigenvalue weighted by Crippen LogP contribution is -2.62. The zero-order valence-electron chi connectivity index (χ0n) is 32.7. The first-order chi connectivity index (χ1) is 25.3. The van der Waals surface area contributed by atoms with Gasteiger partial charge in [0, 0.05) is 74.3 Å². The number of benzene rings is 1. The average Bonchev–Trinajstić information content (AvgIpc) is 3.51. The fourth-order valence-electron chi connectivity index (χ4n) is 7.33. The Hall–Kier alpha value is -4.70. The monoisotopic (exact) mass is 756 g/mol. The van der Waals surface area contributed by atoms with Crippen molar-refractivity contribution >= 4 is 29.6 Å². The van der Waals surface area contributed by atoms with Crippen LogP contribution in [0.1, 0.15) is 84.5 Å². The average molecular weight is 757 g/mol. The molecule has 0 aliphatic carbocycles. The van der Waals surface area contributed by atoms with Crippen LogP contribution in [0.25, 0.3) is 0 Å². The largest absolute Gasteiger partial charge is 0.478 e. The highest BCUT2D eigenvalue weighted by molar-refractivity contribution is 5.97. The van der Waals surface area contributed by atoms with Crippen molar-refractivity contribution in [3.63, 3.8) is 0 Å². The van der Waals surface area contributed by atoms with Crippen molar-refractivity contribution in [1.82, 2.24) is 29.9 Å². The second-order valence-electron chi connectivity index (χ2n) is 15.3.